The zero-order valence-electron chi connectivity index (χ0n) is 18.3. The highest BCUT2D eigenvalue weighted by Crippen LogP contribution is 2.32. The number of para-hydroxylation sites is 1. The van der Waals surface area contributed by atoms with E-state index >= 15 is 0 Å². The van der Waals surface area contributed by atoms with E-state index in [0.717, 1.165) is 20.3 Å². The summed E-state index contributed by atoms with van der Waals surface area (Å²) in [5, 5.41) is 3.06. The van der Waals surface area contributed by atoms with Gasteiger partial charge < -0.3 is 14.8 Å². The molecule has 0 unspecified atom stereocenters. The summed E-state index contributed by atoms with van der Waals surface area (Å²) in [6.07, 6.45) is 0. The highest BCUT2D eigenvalue weighted by molar-refractivity contribution is 14.1. The third kappa shape index (κ3) is 5.93. The lowest BCUT2D eigenvalue weighted by molar-refractivity contribution is 0.102. The van der Waals surface area contributed by atoms with E-state index in [1.807, 2.05) is 104 Å². The van der Waals surface area contributed by atoms with E-state index in [0.29, 0.717) is 36.0 Å². The number of benzene rings is 4. The van der Waals surface area contributed by atoms with Gasteiger partial charge in [0.2, 0.25) is 0 Å². The Labute approximate surface area is 207 Å². The van der Waals surface area contributed by atoms with Crippen LogP contribution in [-0.2, 0) is 13.2 Å². The van der Waals surface area contributed by atoms with Crippen molar-refractivity contribution in [2.75, 3.05) is 5.32 Å². The van der Waals surface area contributed by atoms with Gasteiger partial charge in [-0.25, -0.2) is 0 Å². The van der Waals surface area contributed by atoms with Crippen LogP contribution in [0.1, 0.15) is 27.0 Å². The number of ether oxygens (including phenoxy) is 2. The van der Waals surface area contributed by atoms with Crippen LogP contribution in [0.25, 0.3) is 0 Å². The molecule has 0 spiro atoms. The number of halogens is 1. The lowest BCUT2D eigenvalue weighted by Crippen LogP contribution is -2.17. The third-order valence-electron chi connectivity index (χ3n) is 5.15. The second-order valence-electron chi connectivity index (χ2n) is 7.56. The molecule has 4 aromatic carbocycles. The topological polar surface area (TPSA) is 47.6 Å². The van der Waals surface area contributed by atoms with E-state index in [9.17, 15) is 4.79 Å². The van der Waals surface area contributed by atoms with E-state index in [2.05, 4.69) is 27.9 Å². The van der Waals surface area contributed by atoms with Crippen LogP contribution in [0.2, 0.25) is 0 Å². The Morgan fingerprint density at radius 1 is 0.727 bits per heavy atom. The molecule has 0 heterocycles. The smallest absolute Gasteiger partial charge is 0.259 e. The molecule has 0 aliphatic rings. The highest BCUT2D eigenvalue weighted by Gasteiger charge is 2.19. The first-order valence-electron chi connectivity index (χ1n) is 10.6. The fourth-order valence-corrected chi connectivity index (χ4v) is 4.05. The molecule has 0 bridgehead atoms. The minimum Gasteiger partial charge on any atom is -0.488 e. The number of hydrogen-bond donors (Lipinski definition) is 1. The first kappa shape index (κ1) is 22.9. The van der Waals surface area contributed by atoms with Crippen molar-refractivity contribution in [3.8, 4) is 11.5 Å². The van der Waals surface area contributed by atoms with Crippen LogP contribution >= 0.6 is 22.6 Å². The molecule has 0 aromatic heterocycles. The van der Waals surface area contributed by atoms with Crippen LogP contribution < -0.4 is 14.8 Å². The summed E-state index contributed by atoms with van der Waals surface area (Å²) >= 11 is 2.21. The molecule has 0 radical (unpaired) electrons. The van der Waals surface area contributed by atoms with Crippen molar-refractivity contribution < 1.29 is 14.3 Å². The Hall–Kier alpha value is -3.32. The fourth-order valence-electron chi connectivity index (χ4n) is 3.44. The molecule has 5 heteroatoms. The Kier molecular flexibility index (Phi) is 7.62. The minimum atomic E-state index is -0.232. The Bertz CT molecular complexity index is 1230. The Balaban J connectivity index is 1.55. The number of anilines is 1. The van der Waals surface area contributed by atoms with Crippen molar-refractivity contribution >= 4 is 34.2 Å². The van der Waals surface area contributed by atoms with E-state index in [4.69, 9.17) is 9.47 Å². The van der Waals surface area contributed by atoms with Gasteiger partial charge in [0.15, 0.2) is 0 Å². The molecule has 4 rings (SSSR count). The molecule has 0 saturated carbocycles. The summed E-state index contributed by atoms with van der Waals surface area (Å²) < 4.78 is 13.0. The van der Waals surface area contributed by atoms with E-state index in [1.54, 1.807) is 0 Å². The number of carbonyl (C=O) groups is 1. The number of rotatable bonds is 8. The van der Waals surface area contributed by atoms with Gasteiger partial charge in [0.05, 0.1) is 11.3 Å². The van der Waals surface area contributed by atoms with Gasteiger partial charge in [-0.05, 0) is 64.4 Å². The molecular weight excluding hydrogens is 525 g/mol. The lowest BCUT2D eigenvalue weighted by atomic mass is 10.1. The third-order valence-corrected chi connectivity index (χ3v) is 6.05. The van der Waals surface area contributed by atoms with Crippen molar-refractivity contribution in [3.05, 3.63) is 123 Å². The standard InChI is InChI=1S/C28H24INO3/c1-20-10-8-16-24(32-18-21-11-4-2-5-12-21)26(20)28(31)30-27-23(29)15-9-17-25(27)33-19-22-13-6-3-7-14-22/h2-17H,18-19H2,1H3,(H,30,31). The molecule has 0 atom stereocenters. The highest BCUT2D eigenvalue weighted by atomic mass is 127. The molecule has 166 valence electrons. The normalized spacial score (nSPS) is 10.5. The van der Waals surface area contributed by atoms with Crippen molar-refractivity contribution in [3.63, 3.8) is 0 Å². The molecular formula is C28H24INO3. The van der Waals surface area contributed by atoms with Gasteiger partial charge in [-0.3, -0.25) is 4.79 Å². The average Bonchev–Trinajstić information content (AvgIpc) is 2.84. The van der Waals surface area contributed by atoms with Crippen LogP contribution in [-0.4, -0.2) is 5.91 Å². The van der Waals surface area contributed by atoms with Crippen LogP contribution in [0, 0.1) is 10.5 Å². The molecule has 0 aliphatic heterocycles. The second-order valence-corrected chi connectivity index (χ2v) is 8.73. The summed E-state index contributed by atoms with van der Waals surface area (Å²) in [6, 6.07) is 31.2. The molecule has 4 aromatic rings. The van der Waals surface area contributed by atoms with Gasteiger partial charge in [0.25, 0.3) is 5.91 Å². The van der Waals surface area contributed by atoms with Gasteiger partial charge in [-0.2, -0.15) is 0 Å². The number of amides is 1. The minimum absolute atomic E-state index is 0.232. The quantitative estimate of drug-likeness (QED) is 0.241. The molecule has 0 aliphatic carbocycles. The lowest BCUT2D eigenvalue weighted by Gasteiger charge is -2.17. The maximum absolute atomic E-state index is 13.4. The second kappa shape index (κ2) is 11.0. The van der Waals surface area contributed by atoms with Crippen LogP contribution in [0.3, 0.4) is 0 Å². The number of hydrogen-bond acceptors (Lipinski definition) is 3. The van der Waals surface area contributed by atoms with Crippen LogP contribution in [0.4, 0.5) is 5.69 Å². The Morgan fingerprint density at radius 2 is 1.27 bits per heavy atom. The average molecular weight is 549 g/mol. The van der Waals surface area contributed by atoms with Crippen LogP contribution in [0.15, 0.2) is 97.1 Å². The van der Waals surface area contributed by atoms with E-state index in [1.165, 1.54) is 0 Å². The van der Waals surface area contributed by atoms with E-state index < -0.39 is 0 Å². The van der Waals surface area contributed by atoms with Crippen LogP contribution in [0.5, 0.6) is 11.5 Å². The largest absolute Gasteiger partial charge is 0.488 e. The summed E-state index contributed by atoms with van der Waals surface area (Å²) in [5.41, 5.74) is 4.11. The SMILES string of the molecule is Cc1cccc(OCc2ccccc2)c1C(=O)Nc1c(I)cccc1OCc1ccccc1. The number of aryl methyl sites for hydroxylation is 1. The van der Waals surface area contributed by atoms with Crippen molar-refractivity contribution in [2.45, 2.75) is 20.1 Å². The number of carbonyl (C=O) groups excluding carboxylic acids is 1. The van der Waals surface area contributed by atoms with Gasteiger partial charge in [-0.1, -0.05) is 78.9 Å². The predicted octanol–water partition coefficient (Wildman–Crippen LogP) is 7.01. The number of nitrogens with one attached hydrogen (secondary N) is 1. The van der Waals surface area contributed by atoms with Crippen molar-refractivity contribution in [1.29, 1.82) is 0 Å². The molecule has 0 fully saturated rings. The summed E-state index contributed by atoms with van der Waals surface area (Å²) in [6.45, 7) is 2.71. The first-order chi connectivity index (χ1) is 16.1. The molecule has 1 N–H and O–H groups in total. The zero-order valence-corrected chi connectivity index (χ0v) is 20.4. The molecule has 0 saturated heterocycles. The molecule has 33 heavy (non-hydrogen) atoms. The summed E-state index contributed by atoms with van der Waals surface area (Å²) in [4.78, 5) is 13.4. The fraction of sp³-hybridized carbons (Fsp3) is 0.107. The van der Waals surface area contributed by atoms with Gasteiger partial charge >= 0.3 is 0 Å². The molecule has 1 amide bonds. The maximum atomic E-state index is 13.4. The van der Waals surface area contributed by atoms with Crippen molar-refractivity contribution in [1.82, 2.24) is 0 Å². The zero-order chi connectivity index (χ0) is 23.0. The first-order valence-corrected chi connectivity index (χ1v) is 11.7. The maximum Gasteiger partial charge on any atom is 0.259 e. The predicted molar refractivity (Wildman–Crippen MR) is 140 cm³/mol. The van der Waals surface area contributed by atoms with Crippen molar-refractivity contribution in [2.24, 2.45) is 0 Å². The summed E-state index contributed by atoms with van der Waals surface area (Å²) in [7, 11) is 0. The summed E-state index contributed by atoms with van der Waals surface area (Å²) in [5.74, 6) is 0.943. The monoisotopic (exact) mass is 549 g/mol. The Morgan fingerprint density at radius 3 is 1.91 bits per heavy atom. The van der Waals surface area contributed by atoms with Gasteiger partial charge in [-0.15, -0.1) is 0 Å². The van der Waals surface area contributed by atoms with Gasteiger partial charge in [0, 0.05) is 3.57 Å². The molecule has 4 nitrogen and oxygen atoms in total. The van der Waals surface area contributed by atoms with Gasteiger partial charge in [0.1, 0.15) is 24.7 Å². The van der Waals surface area contributed by atoms with E-state index in [-0.39, 0.29) is 5.91 Å².